The maximum absolute atomic E-state index is 12.0. The lowest BCUT2D eigenvalue weighted by Gasteiger charge is -2.19. The molecular weight excluding hydrogens is 232 g/mol. The summed E-state index contributed by atoms with van der Waals surface area (Å²) in [6.07, 6.45) is 4.49. The van der Waals surface area contributed by atoms with Crippen molar-refractivity contribution in [1.82, 2.24) is 10.5 Å². The van der Waals surface area contributed by atoms with Crippen molar-refractivity contribution < 1.29 is 14.1 Å². The van der Waals surface area contributed by atoms with Crippen LogP contribution in [-0.4, -0.2) is 29.8 Å². The third-order valence-corrected chi connectivity index (χ3v) is 3.62. The number of nitrogens with one attached hydrogen (secondary N) is 1. The van der Waals surface area contributed by atoms with Gasteiger partial charge in [-0.05, 0) is 32.6 Å². The first-order valence-electron chi connectivity index (χ1n) is 6.63. The van der Waals surface area contributed by atoms with E-state index in [1.54, 1.807) is 6.07 Å². The Kier molecular flexibility index (Phi) is 3.07. The molecule has 2 fully saturated rings. The molecule has 0 spiro atoms. The molecule has 5 nitrogen and oxygen atoms in total. The van der Waals surface area contributed by atoms with Crippen molar-refractivity contribution in [2.45, 2.75) is 50.7 Å². The van der Waals surface area contributed by atoms with Gasteiger partial charge in [-0.2, -0.15) is 0 Å². The summed E-state index contributed by atoms with van der Waals surface area (Å²) in [6, 6.07) is 1.77. The second-order valence-corrected chi connectivity index (χ2v) is 5.20. The highest BCUT2D eigenvalue weighted by Gasteiger charge is 2.30. The van der Waals surface area contributed by atoms with Crippen molar-refractivity contribution >= 4 is 5.91 Å². The van der Waals surface area contributed by atoms with Gasteiger partial charge < -0.3 is 14.6 Å². The Hall–Kier alpha value is -1.36. The molecule has 3 rings (SSSR count). The lowest BCUT2D eigenvalue weighted by atomic mass is 10.1. The first-order chi connectivity index (χ1) is 8.74. The van der Waals surface area contributed by atoms with E-state index in [1.807, 2.05) is 6.92 Å². The fourth-order valence-corrected chi connectivity index (χ4v) is 2.33. The third kappa shape index (κ3) is 2.41. The number of amides is 1. The molecule has 0 radical (unpaired) electrons. The maximum atomic E-state index is 12.0. The molecule has 1 amide bonds. The van der Waals surface area contributed by atoms with Gasteiger partial charge >= 0.3 is 0 Å². The number of rotatable bonds is 4. The summed E-state index contributed by atoms with van der Waals surface area (Å²) in [5.41, 5.74) is 0.377. The van der Waals surface area contributed by atoms with Crippen molar-refractivity contribution in [2.24, 2.45) is 0 Å². The van der Waals surface area contributed by atoms with Crippen LogP contribution < -0.4 is 5.32 Å². The molecule has 1 aromatic heterocycles. The number of carbonyl (C=O) groups is 1. The molecule has 0 unspecified atom stereocenters. The van der Waals surface area contributed by atoms with Gasteiger partial charge in [0.2, 0.25) is 0 Å². The number of aromatic nitrogens is 1. The highest BCUT2D eigenvalue weighted by Crippen LogP contribution is 2.40. The first kappa shape index (κ1) is 11.7. The van der Waals surface area contributed by atoms with Crippen molar-refractivity contribution in [3.63, 3.8) is 0 Å². The molecule has 2 aliphatic rings. The maximum Gasteiger partial charge on any atom is 0.273 e. The topological polar surface area (TPSA) is 64.4 Å². The average Bonchev–Trinajstić information content (AvgIpc) is 2.91. The fourth-order valence-electron chi connectivity index (χ4n) is 2.33. The number of ether oxygens (including phenoxy) is 1. The Bertz CT molecular complexity index is 433. The molecule has 0 bridgehead atoms. The minimum Gasteiger partial charge on any atom is -0.376 e. The molecule has 1 aliphatic heterocycles. The second-order valence-electron chi connectivity index (χ2n) is 5.20. The molecular formula is C13H18N2O3. The molecule has 1 N–H and O–H groups in total. The van der Waals surface area contributed by atoms with Gasteiger partial charge in [-0.25, -0.2) is 0 Å². The Morgan fingerprint density at radius 2 is 2.33 bits per heavy atom. The average molecular weight is 250 g/mol. The van der Waals surface area contributed by atoms with Crippen LogP contribution >= 0.6 is 0 Å². The fraction of sp³-hybridized carbons (Fsp3) is 0.692. The molecule has 1 aliphatic carbocycles. The van der Waals surface area contributed by atoms with Crippen LogP contribution in [0.1, 0.15) is 54.8 Å². The SMILES string of the molecule is C[C@@H](NC(=O)c1cc(C2CC2)on1)[C@H]1CCCO1. The molecule has 2 heterocycles. The highest BCUT2D eigenvalue weighted by atomic mass is 16.5. The van der Waals surface area contributed by atoms with E-state index in [0.717, 1.165) is 38.1 Å². The molecule has 0 aromatic carbocycles. The van der Waals surface area contributed by atoms with E-state index in [0.29, 0.717) is 11.6 Å². The number of hydrogen-bond acceptors (Lipinski definition) is 4. The van der Waals surface area contributed by atoms with Gasteiger partial charge in [0.15, 0.2) is 5.69 Å². The van der Waals surface area contributed by atoms with Crippen LogP contribution in [0.4, 0.5) is 0 Å². The van der Waals surface area contributed by atoms with Gasteiger partial charge in [0.25, 0.3) is 5.91 Å². The van der Waals surface area contributed by atoms with Gasteiger partial charge in [0.1, 0.15) is 5.76 Å². The van der Waals surface area contributed by atoms with Crippen LogP contribution in [0, 0.1) is 0 Å². The first-order valence-corrected chi connectivity index (χ1v) is 6.63. The highest BCUT2D eigenvalue weighted by molar-refractivity contribution is 5.92. The quantitative estimate of drug-likeness (QED) is 0.885. The van der Waals surface area contributed by atoms with Crippen LogP contribution in [0.25, 0.3) is 0 Å². The van der Waals surface area contributed by atoms with Gasteiger partial charge in [0, 0.05) is 18.6 Å². The Balaban J connectivity index is 1.59. The Morgan fingerprint density at radius 1 is 1.50 bits per heavy atom. The van der Waals surface area contributed by atoms with E-state index < -0.39 is 0 Å². The standard InChI is InChI=1S/C13H18N2O3/c1-8(11-3-2-6-17-11)14-13(16)10-7-12(18-15-10)9-4-5-9/h7-9,11H,2-6H2,1H3,(H,14,16)/t8-,11-/m1/s1. The van der Waals surface area contributed by atoms with Crippen molar-refractivity contribution in [3.8, 4) is 0 Å². The molecule has 98 valence electrons. The van der Waals surface area contributed by atoms with Gasteiger partial charge in [-0.15, -0.1) is 0 Å². The summed E-state index contributed by atoms with van der Waals surface area (Å²) in [7, 11) is 0. The second kappa shape index (κ2) is 4.72. The third-order valence-electron chi connectivity index (χ3n) is 3.62. The van der Waals surface area contributed by atoms with Crippen molar-refractivity contribution in [1.29, 1.82) is 0 Å². The van der Waals surface area contributed by atoms with Gasteiger partial charge in [-0.3, -0.25) is 4.79 Å². The molecule has 1 saturated carbocycles. The van der Waals surface area contributed by atoms with E-state index in [-0.39, 0.29) is 18.1 Å². The minimum absolute atomic E-state index is 0.0149. The minimum atomic E-state index is -0.173. The van der Waals surface area contributed by atoms with E-state index in [2.05, 4.69) is 10.5 Å². The van der Waals surface area contributed by atoms with Crippen molar-refractivity contribution in [2.75, 3.05) is 6.61 Å². The molecule has 18 heavy (non-hydrogen) atoms. The molecule has 2 atom stereocenters. The Labute approximate surface area is 106 Å². The van der Waals surface area contributed by atoms with Crippen LogP contribution in [-0.2, 0) is 4.74 Å². The summed E-state index contributed by atoms with van der Waals surface area (Å²) < 4.78 is 10.7. The summed E-state index contributed by atoms with van der Waals surface area (Å²) in [5.74, 6) is 1.15. The monoisotopic (exact) mass is 250 g/mol. The van der Waals surface area contributed by atoms with Gasteiger partial charge in [0.05, 0.1) is 12.1 Å². The van der Waals surface area contributed by atoms with Gasteiger partial charge in [-0.1, -0.05) is 5.16 Å². The largest absolute Gasteiger partial charge is 0.376 e. The summed E-state index contributed by atoms with van der Waals surface area (Å²) in [5, 5.41) is 6.75. The summed E-state index contributed by atoms with van der Waals surface area (Å²) in [4.78, 5) is 12.0. The molecule has 1 saturated heterocycles. The number of carbonyl (C=O) groups excluding carboxylic acids is 1. The molecule has 5 heteroatoms. The zero-order valence-corrected chi connectivity index (χ0v) is 10.5. The lowest BCUT2D eigenvalue weighted by molar-refractivity contribution is 0.0707. The zero-order chi connectivity index (χ0) is 12.5. The molecule has 1 aromatic rings. The summed E-state index contributed by atoms with van der Waals surface area (Å²) in [6.45, 7) is 2.76. The van der Waals surface area contributed by atoms with Crippen molar-refractivity contribution in [3.05, 3.63) is 17.5 Å². The van der Waals surface area contributed by atoms with Crippen LogP contribution in [0.15, 0.2) is 10.6 Å². The summed E-state index contributed by atoms with van der Waals surface area (Å²) >= 11 is 0. The predicted molar refractivity (Wildman–Crippen MR) is 64.4 cm³/mol. The van der Waals surface area contributed by atoms with Crippen LogP contribution in [0.5, 0.6) is 0 Å². The Morgan fingerprint density at radius 3 is 3.00 bits per heavy atom. The van der Waals surface area contributed by atoms with E-state index in [4.69, 9.17) is 9.26 Å². The van der Waals surface area contributed by atoms with Crippen LogP contribution in [0.2, 0.25) is 0 Å². The van der Waals surface area contributed by atoms with E-state index >= 15 is 0 Å². The van der Waals surface area contributed by atoms with E-state index in [1.165, 1.54) is 0 Å². The van der Waals surface area contributed by atoms with E-state index in [9.17, 15) is 4.79 Å². The van der Waals surface area contributed by atoms with Crippen LogP contribution in [0.3, 0.4) is 0 Å². The number of hydrogen-bond donors (Lipinski definition) is 1. The predicted octanol–water partition coefficient (Wildman–Crippen LogP) is 1.85. The lowest BCUT2D eigenvalue weighted by Crippen LogP contribution is -2.40. The zero-order valence-electron chi connectivity index (χ0n) is 10.5. The number of nitrogens with zero attached hydrogens (tertiary/aromatic N) is 1. The normalized spacial score (nSPS) is 25.1. The smallest absolute Gasteiger partial charge is 0.273 e.